The van der Waals surface area contributed by atoms with Crippen molar-refractivity contribution in [3.8, 4) is 17.5 Å². The summed E-state index contributed by atoms with van der Waals surface area (Å²) in [6, 6.07) is 20.8. The molecule has 2 aromatic heterocycles. The zero-order chi connectivity index (χ0) is 25.3. The van der Waals surface area contributed by atoms with Gasteiger partial charge in [-0.05, 0) is 42.5 Å². The Bertz CT molecular complexity index is 1420. The second-order valence-electron chi connectivity index (χ2n) is 7.08. The predicted molar refractivity (Wildman–Crippen MR) is 137 cm³/mol. The maximum Gasteiger partial charge on any atom is 0.269 e. The molecular weight excluding hydrogens is 500 g/mol. The second kappa shape index (κ2) is 11.8. The van der Waals surface area contributed by atoms with E-state index in [1.165, 1.54) is 41.3 Å². The van der Waals surface area contributed by atoms with Gasteiger partial charge in [0, 0.05) is 35.5 Å². The van der Waals surface area contributed by atoms with Gasteiger partial charge >= 0.3 is 0 Å². The lowest BCUT2D eigenvalue weighted by atomic mass is 10.2. The first-order chi connectivity index (χ1) is 17.5. The number of nitro benzene ring substituents is 1. The molecule has 4 rings (SSSR count). The number of carbonyl (C=O) groups excluding carboxylic acids is 1. The molecule has 10 nitrogen and oxygen atoms in total. The number of hydrogen-bond donors (Lipinski definition) is 1. The molecule has 0 atom stereocenters. The molecule has 0 unspecified atom stereocenters. The fourth-order valence-electron chi connectivity index (χ4n) is 3.07. The van der Waals surface area contributed by atoms with Gasteiger partial charge in [-0.15, -0.1) is 10.2 Å². The van der Waals surface area contributed by atoms with Crippen LogP contribution >= 0.6 is 23.1 Å². The SMILES string of the molecule is N#CC(=Cc1cccn1-c1ccc([N+](=O)[O-])cc1)C(=O)Nc1nnc(SCCOc2ccccc2)s1. The molecule has 0 saturated heterocycles. The molecule has 1 amide bonds. The van der Waals surface area contributed by atoms with Crippen molar-refractivity contribution in [3.05, 3.63) is 94.3 Å². The molecule has 0 aliphatic carbocycles. The van der Waals surface area contributed by atoms with E-state index in [-0.39, 0.29) is 16.4 Å². The minimum atomic E-state index is -0.617. The quantitative estimate of drug-likeness (QED) is 0.0592. The molecule has 0 fully saturated rings. The summed E-state index contributed by atoms with van der Waals surface area (Å²) in [6.07, 6.45) is 3.17. The summed E-state index contributed by atoms with van der Waals surface area (Å²) < 4.78 is 8.02. The van der Waals surface area contributed by atoms with Gasteiger partial charge in [0.15, 0.2) is 4.34 Å². The molecular formula is C24H18N6O4S2. The molecule has 2 aromatic carbocycles. The van der Waals surface area contributed by atoms with Crippen LogP contribution in [0, 0.1) is 21.4 Å². The van der Waals surface area contributed by atoms with E-state index >= 15 is 0 Å². The molecule has 1 N–H and O–H groups in total. The van der Waals surface area contributed by atoms with E-state index in [0.717, 1.165) is 5.75 Å². The molecule has 0 bridgehead atoms. The van der Waals surface area contributed by atoms with Crippen molar-refractivity contribution in [1.82, 2.24) is 14.8 Å². The molecule has 0 aliphatic rings. The summed E-state index contributed by atoms with van der Waals surface area (Å²) in [5, 5.41) is 31.4. The number of non-ortho nitro benzene ring substituents is 1. The number of nitriles is 1. The van der Waals surface area contributed by atoms with Crippen LogP contribution in [0.3, 0.4) is 0 Å². The summed E-state index contributed by atoms with van der Waals surface area (Å²) in [4.78, 5) is 23.1. The van der Waals surface area contributed by atoms with Crippen molar-refractivity contribution in [1.29, 1.82) is 5.26 Å². The third-order valence-corrected chi connectivity index (χ3v) is 6.66. The van der Waals surface area contributed by atoms with Crippen LogP contribution in [0.4, 0.5) is 10.8 Å². The van der Waals surface area contributed by atoms with Gasteiger partial charge in [0.2, 0.25) is 5.13 Å². The average molecular weight is 519 g/mol. The molecule has 0 spiro atoms. The third-order valence-electron chi connectivity index (χ3n) is 4.72. The Balaban J connectivity index is 1.37. The normalized spacial score (nSPS) is 11.0. The van der Waals surface area contributed by atoms with Crippen LogP contribution in [0.2, 0.25) is 0 Å². The monoisotopic (exact) mass is 518 g/mol. The number of rotatable bonds is 10. The predicted octanol–water partition coefficient (Wildman–Crippen LogP) is 4.95. The number of anilines is 1. The van der Waals surface area contributed by atoms with E-state index in [4.69, 9.17) is 4.74 Å². The van der Waals surface area contributed by atoms with Crippen LogP contribution in [0.5, 0.6) is 5.75 Å². The van der Waals surface area contributed by atoms with Gasteiger partial charge in [-0.2, -0.15) is 5.26 Å². The number of hydrogen-bond acceptors (Lipinski definition) is 9. The lowest BCUT2D eigenvalue weighted by Gasteiger charge is -2.07. The van der Waals surface area contributed by atoms with Crippen molar-refractivity contribution in [2.24, 2.45) is 0 Å². The maximum absolute atomic E-state index is 12.7. The number of para-hydroxylation sites is 1. The molecule has 2 heterocycles. The minimum Gasteiger partial charge on any atom is -0.493 e. The van der Waals surface area contributed by atoms with E-state index in [1.807, 2.05) is 36.4 Å². The van der Waals surface area contributed by atoms with Gasteiger partial charge in [0.25, 0.3) is 11.6 Å². The molecule has 0 aliphatic heterocycles. The Kier molecular flexibility index (Phi) is 8.07. The molecule has 4 aromatic rings. The maximum atomic E-state index is 12.7. The van der Waals surface area contributed by atoms with E-state index in [2.05, 4.69) is 15.5 Å². The number of nitro groups is 1. The van der Waals surface area contributed by atoms with Gasteiger partial charge in [0.05, 0.1) is 11.5 Å². The summed E-state index contributed by atoms with van der Waals surface area (Å²) in [7, 11) is 0. The third kappa shape index (κ3) is 6.35. The number of benzene rings is 2. The Morgan fingerprint density at radius 1 is 1.17 bits per heavy atom. The van der Waals surface area contributed by atoms with Crippen molar-refractivity contribution in [2.75, 3.05) is 17.7 Å². The highest BCUT2D eigenvalue weighted by Gasteiger charge is 2.15. The first-order valence-corrected chi connectivity index (χ1v) is 12.3. The standard InChI is InChI=1S/C24H18N6O4S2/c25-16-17(15-20-5-4-12-29(20)18-8-10-19(11-9-18)30(32)33)22(31)26-23-27-28-24(36-23)35-14-13-34-21-6-2-1-3-7-21/h1-12,15H,13-14H2,(H,26,27,31). The van der Waals surface area contributed by atoms with Gasteiger partial charge in [-0.25, -0.2) is 0 Å². The van der Waals surface area contributed by atoms with Crippen molar-refractivity contribution in [3.63, 3.8) is 0 Å². The number of nitrogens with zero attached hydrogens (tertiary/aromatic N) is 5. The zero-order valence-corrected chi connectivity index (χ0v) is 20.2. The van der Waals surface area contributed by atoms with Gasteiger partial charge in [-0.3, -0.25) is 20.2 Å². The molecule has 0 saturated carbocycles. The second-order valence-corrected chi connectivity index (χ2v) is 9.40. The largest absolute Gasteiger partial charge is 0.493 e. The average Bonchev–Trinajstić information content (AvgIpc) is 3.55. The van der Waals surface area contributed by atoms with Crippen molar-refractivity contribution >= 4 is 45.9 Å². The highest BCUT2D eigenvalue weighted by molar-refractivity contribution is 8.01. The highest BCUT2D eigenvalue weighted by atomic mass is 32.2. The summed E-state index contributed by atoms with van der Waals surface area (Å²) >= 11 is 2.65. The molecule has 36 heavy (non-hydrogen) atoms. The topological polar surface area (TPSA) is 136 Å². The van der Waals surface area contributed by atoms with Crippen LogP contribution < -0.4 is 10.1 Å². The Hall–Kier alpha value is -4.47. The van der Waals surface area contributed by atoms with E-state index in [0.29, 0.717) is 28.1 Å². The van der Waals surface area contributed by atoms with Crippen LogP contribution in [-0.2, 0) is 4.79 Å². The summed E-state index contributed by atoms with van der Waals surface area (Å²) in [6.45, 7) is 0.492. The van der Waals surface area contributed by atoms with Gasteiger partial charge in [-0.1, -0.05) is 41.3 Å². The van der Waals surface area contributed by atoms with E-state index in [1.54, 1.807) is 35.0 Å². The van der Waals surface area contributed by atoms with Crippen LogP contribution in [0.25, 0.3) is 11.8 Å². The van der Waals surface area contributed by atoms with Crippen LogP contribution in [0.15, 0.2) is 82.8 Å². The summed E-state index contributed by atoms with van der Waals surface area (Å²) in [5.74, 6) is 0.827. The van der Waals surface area contributed by atoms with Crippen LogP contribution in [0.1, 0.15) is 5.69 Å². The van der Waals surface area contributed by atoms with Gasteiger partial charge in [0.1, 0.15) is 17.4 Å². The zero-order valence-electron chi connectivity index (χ0n) is 18.6. The summed E-state index contributed by atoms with van der Waals surface area (Å²) in [5.41, 5.74) is 1.05. The number of carbonyl (C=O) groups is 1. The molecule has 180 valence electrons. The first kappa shape index (κ1) is 24.6. The number of thioether (sulfide) groups is 1. The Morgan fingerprint density at radius 2 is 1.94 bits per heavy atom. The molecule has 0 radical (unpaired) electrons. The van der Waals surface area contributed by atoms with Gasteiger partial charge < -0.3 is 9.30 Å². The Labute approximate surface area is 214 Å². The number of aromatic nitrogens is 3. The number of nitrogens with one attached hydrogen (secondary N) is 1. The fraction of sp³-hybridized carbons (Fsp3) is 0.0833. The smallest absolute Gasteiger partial charge is 0.269 e. The number of amides is 1. The highest BCUT2D eigenvalue weighted by Crippen LogP contribution is 2.26. The van der Waals surface area contributed by atoms with Crippen molar-refractivity contribution in [2.45, 2.75) is 4.34 Å². The lowest BCUT2D eigenvalue weighted by Crippen LogP contribution is -2.13. The van der Waals surface area contributed by atoms with Crippen LogP contribution in [-0.4, -0.2) is 38.0 Å². The van der Waals surface area contributed by atoms with E-state index in [9.17, 15) is 20.2 Å². The minimum absolute atomic E-state index is 0.0293. The van der Waals surface area contributed by atoms with Crippen molar-refractivity contribution < 1.29 is 14.5 Å². The Morgan fingerprint density at radius 3 is 2.67 bits per heavy atom. The molecule has 12 heteroatoms. The fourth-order valence-corrected chi connectivity index (χ4v) is 4.70. The van der Waals surface area contributed by atoms with E-state index < -0.39 is 10.8 Å². The number of ether oxygens (including phenoxy) is 1. The first-order valence-electron chi connectivity index (χ1n) is 10.5. The lowest BCUT2D eigenvalue weighted by molar-refractivity contribution is -0.384.